The zero-order valence-electron chi connectivity index (χ0n) is 27.3. The van der Waals surface area contributed by atoms with E-state index in [-0.39, 0.29) is 27.8 Å². The molecule has 5 rings (SSSR count). The van der Waals surface area contributed by atoms with Crippen LogP contribution in [0.15, 0.2) is 103 Å². The Kier molecular flexibility index (Phi) is 11.0. The summed E-state index contributed by atoms with van der Waals surface area (Å²) in [7, 11) is -2.00. The number of aromatic hydroxyl groups is 1. The van der Waals surface area contributed by atoms with Crippen molar-refractivity contribution in [3.63, 3.8) is 0 Å². The van der Waals surface area contributed by atoms with Crippen LogP contribution in [0.3, 0.4) is 0 Å². The van der Waals surface area contributed by atoms with E-state index >= 15 is 0 Å². The second-order valence-electron chi connectivity index (χ2n) is 11.7. The molecule has 4 aromatic rings. The van der Waals surface area contributed by atoms with E-state index in [9.17, 15) is 13.5 Å². The number of azo groups is 2. The number of methoxy groups -OCH3 is 1. The monoisotopic (exact) mass is 687 g/mol. The van der Waals surface area contributed by atoms with E-state index in [4.69, 9.17) is 16.2 Å². The van der Waals surface area contributed by atoms with Gasteiger partial charge in [-0.15, -0.1) is 28.0 Å². The van der Waals surface area contributed by atoms with E-state index in [1.165, 1.54) is 18.7 Å². The largest absolute Gasteiger partial charge is 0.505 e. The fraction of sp³-hybridized carbons (Fsp3) is 0.314. The van der Waals surface area contributed by atoms with E-state index < -0.39 is 9.84 Å². The molecule has 1 heterocycles. The second-order valence-corrected chi connectivity index (χ2v) is 14.3. The SMILES string of the molecule is CCC1=CCN(CCS(=O)(=O)c2ccc(N=Nc3cc(OC)c(N=Nc4c(S)cc5ccc(N)cc5c4O)cc3N)cc2)CCC1CC. The molecular formula is C35H41N7O4S2. The van der Waals surface area contributed by atoms with Gasteiger partial charge in [0.05, 0.1) is 29.1 Å². The highest BCUT2D eigenvalue weighted by atomic mass is 32.2. The van der Waals surface area contributed by atoms with Gasteiger partial charge in [0.15, 0.2) is 15.6 Å². The minimum Gasteiger partial charge on any atom is -0.505 e. The van der Waals surface area contributed by atoms with Gasteiger partial charge in [0.25, 0.3) is 0 Å². The Labute approximate surface area is 286 Å². The van der Waals surface area contributed by atoms with Crippen molar-refractivity contribution < 1.29 is 18.3 Å². The highest BCUT2D eigenvalue weighted by Gasteiger charge is 2.21. The van der Waals surface area contributed by atoms with Crippen LogP contribution in [-0.2, 0) is 9.84 Å². The molecule has 1 aliphatic heterocycles. The van der Waals surface area contributed by atoms with Crippen molar-refractivity contribution in [2.75, 3.05) is 44.0 Å². The normalized spacial score (nSPS) is 16.1. The molecule has 11 nitrogen and oxygen atoms in total. The lowest BCUT2D eigenvalue weighted by Crippen LogP contribution is -2.30. The van der Waals surface area contributed by atoms with Gasteiger partial charge in [-0.2, -0.15) is 5.11 Å². The minimum absolute atomic E-state index is 0.0460. The molecule has 1 aliphatic rings. The Bertz CT molecular complexity index is 1990. The molecule has 0 saturated heterocycles. The molecule has 0 spiro atoms. The number of phenols is 1. The van der Waals surface area contributed by atoms with Gasteiger partial charge in [0.1, 0.15) is 22.8 Å². The number of hydrogen-bond donors (Lipinski definition) is 4. The summed E-state index contributed by atoms with van der Waals surface area (Å²) < 4.78 is 31.7. The maximum atomic E-state index is 13.1. The average Bonchev–Trinajstić information content (AvgIpc) is 3.29. The summed E-state index contributed by atoms with van der Waals surface area (Å²) in [4.78, 5) is 2.89. The smallest absolute Gasteiger partial charge is 0.179 e. The lowest BCUT2D eigenvalue weighted by molar-refractivity contribution is 0.306. The van der Waals surface area contributed by atoms with Gasteiger partial charge in [-0.1, -0.05) is 31.6 Å². The molecule has 252 valence electrons. The van der Waals surface area contributed by atoms with E-state index in [0.717, 1.165) is 37.7 Å². The van der Waals surface area contributed by atoms with E-state index in [1.54, 1.807) is 54.6 Å². The van der Waals surface area contributed by atoms with Crippen LogP contribution in [0.5, 0.6) is 11.5 Å². The summed E-state index contributed by atoms with van der Waals surface area (Å²) in [6, 6.07) is 16.4. The van der Waals surface area contributed by atoms with Crippen LogP contribution in [0.2, 0.25) is 0 Å². The van der Waals surface area contributed by atoms with Crippen LogP contribution in [0.25, 0.3) is 10.8 Å². The Balaban J connectivity index is 1.27. The van der Waals surface area contributed by atoms with Crippen molar-refractivity contribution in [3.05, 3.63) is 72.3 Å². The number of sulfone groups is 1. The number of hydrogen-bond acceptors (Lipinski definition) is 12. The summed E-state index contributed by atoms with van der Waals surface area (Å²) in [5, 5.41) is 29.1. The first-order valence-corrected chi connectivity index (χ1v) is 17.9. The van der Waals surface area contributed by atoms with Gasteiger partial charge in [-0.05, 0) is 85.6 Å². The predicted molar refractivity (Wildman–Crippen MR) is 195 cm³/mol. The van der Waals surface area contributed by atoms with Gasteiger partial charge in [-0.25, -0.2) is 8.42 Å². The Morgan fingerprint density at radius 3 is 2.44 bits per heavy atom. The topological polar surface area (TPSA) is 168 Å². The number of benzene rings is 4. The number of fused-ring (bicyclic) bond motifs is 1. The summed E-state index contributed by atoms with van der Waals surface area (Å²) in [6.45, 7) is 6.56. The standard InChI is InChI=1S/C35H41N7O4S2/c1-4-22-12-14-42(15-13-23(22)5-2)16-17-48(44,45)27-10-8-26(9-11-27)38-39-30-21-32(46-3)31(20-29(30)37)40-41-34-33(47)18-24-6-7-25(36)19-28(24)35(34)43/h6-12,18-21,23,43,47H,4-5,13-17,36-37H2,1-3H3. The molecule has 4 aromatic carbocycles. The van der Waals surface area contributed by atoms with E-state index in [2.05, 4.69) is 57.9 Å². The summed E-state index contributed by atoms with van der Waals surface area (Å²) in [6.07, 6.45) is 5.49. The van der Waals surface area contributed by atoms with Crippen molar-refractivity contribution in [2.24, 2.45) is 26.4 Å². The number of nitrogens with two attached hydrogens (primary N) is 2. The third kappa shape index (κ3) is 7.97. The molecule has 1 atom stereocenters. The number of allylic oxidation sites excluding steroid dienone is 1. The summed E-state index contributed by atoms with van der Waals surface area (Å²) in [5.41, 5.74) is 15.7. The van der Waals surface area contributed by atoms with Crippen molar-refractivity contribution in [1.29, 1.82) is 0 Å². The number of thiol groups is 1. The van der Waals surface area contributed by atoms with Gasteiger partial charge >= 0.3 is 0 Å². The second kappa shape index (κ2) is 15.2. The maximum absolute atomic E-state index is 13.1. The number of anilines is 2. The molecule has 13 heteroatoms. The summed E-state index contributed by atoms with van der Waals surface area (Å²) >= 11 is 4.47. The molecule has 0 amide bonds. The number of nitrogen functional groups attached to an aromatic ring is 2. The van der Waals surface area contributed by atoms with Gasteiger partial charge < -0.3 is 21.3 Å². The van der Waals surface area contributed by atoms with Crippen molar-refractivity contribution >= 4 is 67.4 Å². The lowest BCUT2D eigenvalue weighted by Gasteiger charge is -2.20. The van der Waals surface area contributed by atoms with Gasteiger partial charge in [0.2, 0.25) is 0 Å². The van der Waals surface area contributed by atoms with Crippen molar-refractivity contribution in [3.8, 4) is 11.5 Å². The quantitative estimate of drug-likeness (QED) is 0.0529. The fourth-order valence-electron chi connectivity index (χ4n) is 5.80. The Morgan fingerprint density at radius 2 is 1.73 bits per heavy atom. The van der Waals surface area contributed by atoms with Gasteiger partial charge in [-0.3, -0.25) is 4.90 Å². The number of phenolic OH excluding ortho intramolecular Hbond substituents is 1. The van der Waals surface area contributed by atoms with Crippen LogP contribution >= 0.6 is 12.6 Å². The first-order chi connectivity index (χ1) is 23.0. The first kappa shape index (κ1) is 34.9. The Hall–Kier alpha value is -4.46. The fourth-order valence-corrected chi connectivity index (χ4v) is 7.38. The molecule has 0 aliphatic carbocycles. The molecule has 1 unspecified atom stereocenters. The van der Waals surface area contributed by atoms with E-state index in [0.29, 0.717) is 51.2 Å². The zero-order valence-corrected chi connectivity index (χ0v) is 29.0. The van der Waals surface area contributed by atoms with Gasteiger partial charge in [0, 0.05) is 35.1 Å². The average molecular weight is 688 g/mol. The molecule has 0 saturated carbocycles. The number of nitrogens with zero attached hydrogens (tertiary/aromatic N) is 5. The molecule has 0 bridgehead atoms. The molecule has 48 heavy (non-hydrogen) atoms. The van der Waals surface area contributed by atoms with Crippen molar-refractivity contribution in [1.82, 2.24) is 4.90 Å². The molecule has 5 N–H and O–H groups in total. The third-order valence-electron chi connectivity index (χ3n) is 8.65. The molecule has 0 radical (unpaired) electrons. The minimum atomic E-state index is -3.47. The maximum Gasteiger partial charge on any atom is 0.179 e. The van der Waals surface area contributed by atoms with Crippen LogP contribution in [0.4, 0.5) is 34.1 Å². The third-order valence-corrected chi connectivity index (χ3v) is 10.7. The lowest BCUT2D eigenvalue weighted by atomic mass is 9.92. The highest BCUT2D eigenvalue weighted by molar-refractivity contribution is 7.91. The number of rotatable bonds is 11. The van der Waals surface area contributed by atoms with Crippen LogP contribution in [-0.4, -0.2) is 50.9 Å². The van der Waals surface area contributed by atoms with Crippen LogP contribution in [0, 0.1) is 5.92 Å². The van der Waals surface area contributed by atoms with Crippen LogP contribution in [0.1, 0.15) is 33.1 Å². The Morgan fingerprint density at radius 1 is 0.979 bits per heavy atom. The van der Waals surface area contributed by atoms with Crippen LogP contribution < -0.4 is 16.2 Å². The zero-order chi connectivity index (χ0) is 34.4. The predicted octanol–water partition coefficient (Wildman–Crippen LogP) is 8.68. The highest BCUT2D eigenvalue weighted by Crippen LogP contribution is 2.43. The van der Waals surface area contributed by atoms with E-state index in [1.807, 2.05) is 0 Å². The first-order valence-electron chi connectivity index (χ1n) is 15.8. The molecule has 0 fully saturated rings. The number of ether oxygens (including phenoxy) is 1. The summed E-state index contributed by atoms with van der Waals surface area (Å²) in [5.74, 6) is 0.849. The van der Waals surface area contributed by atoms with Crippen molar-refractivity contribution in [2.45, 2.75) is 42.9 Å². The molecule has 0 aromatic heterocycles. The molecular weight excluding hydrogens is 647 g/mol.